The first-order valence-corrected chi connectivity index (χ1v) is 7.58. The molecule has 0 aromatic heterocycles. The summed E-state index contributed by atoms with van der Waals surface area (Å²) >= 11 is 0. The molecule has 1 aromatic rings. The van der Waals surface area contributed by atoms with Crippen molar-refractivity contribution in [2.75, 3.05) is 0 Å². The molecule has 1 N–H and O–H groups in total. The number of nitrogens with zero attached hydrogens (tertiary/aromatic N) is 1. The van der Waals surface area contributed by atoms with Crippen LogP contribution in [0.4, 0.5) is 5.69 Å². The first kappa shape index (κ1) is 15.0. The Labute approximate surface area is 120 Å². The van der Waals surface area contributed by atoms with Crippen molar-refractivity contribution in [2.45, 2.75) is 58.5 Å². The smallest absolute Gasteiger partial charge is 0.272 e. The van der Waals surface area contributed by atoms with E-state index in [0.29, 0.717) is 6.04 Å². The highest BCUT2D eigenvalue weighted by Crippen LogP contribution is 2.27. The zero-order valence-electron chi connectivity index (χ0n) is 12.4. The lowest BCUT2D eigenvalue weighted by Crippen LogP contribution is -2.32. The molecule has 0 spiro atoms. The molecule has 0 unspecified atom stereocenters. The van der Waals surface area contributed by atoms with Crippen molar-refractivity contribution in [2.24, 2.45) is 5.92 Å². The van der Waals surface area contributed by atoms with E-state index in [1.165, 1.54) is 32.1 Å². The second-order valence-electron chi connectivity index (χ2n) is 5.83. The molecule has 4 nitrogen and oxygen atoms in total. The van der Waals surface area contributed by atoms with Crippen LogP contribution in [0, 0.1) is 23.0 Å². The summed E-state index contributed by atoms with van der Waals surface area (Å²) in [5.41, 5.74) is 2.04. The first-order valence-electron chi connectivity index (χ1n) is 7.58. The van der Waals surface area contributed by atoms with Gasteiger partial charge in [0.25, 0.3) is 5.69 Å². The Hall–Kier alpha value is -1.42. The van der Waals surface area contributed by atoms with E-state index < -0.39 is 0 Å². The van der Waals surface area contributed by atoms with E-state index in [1.54, 1.807) is 12.1 Å². The Morgan fingerprint density at radius 1 is 1.30 bits per heavy atom. The van der Waals surface area contributed by atoms with E-state index in [4.69, 9.17) is 0 Å². The summed E-state index contributed by atoms with van der Waals surface area (Å²) in [6.45, 7) is 4.84. The standard InChI is InChI=1S/C16H24N2O2/c1-3-13-7-9-15(10-8-13)17-11-14-5-4-6-16(12(14)2)18(19)20/h4-6,13,15,17H,3,7-11H2,1-2H3. The van der Waals surface area contributed by atoms with Gasteiger partial charge in [0.15, 0.2) is 0 Å². The van der Waals surface area contributed by atoms with Gasteiger partial charge in [0.2, 0.25) is 0 Å². The van der Waals surface area contributed by atoms with Gasteiger partial charge in [-0.15, -0.1) is 0 Å². The van der Waals surface area contributed by atoms with Crippen molar-refractivity contribution < 1.29 is 4.92 Å². The van der Waals surface area contributed by atoms with E-state index in [-0.39, 0.29) is 10.6 Å². The lowest BCUT2D eigenvalue weighted by molar-refractivity contribution is -0.385. The molecule has 1 aromatic carbocycles. The average Bonchev–Trinajstić information content (AvgIpc) is 2.46. The maximum atomic E-state index is 10.9. The van der Waals surface area contributed by atoms with Crippen LogP contribution in [-0.2, 0) is 6.54 Å². The SMILES string of the molecule is CCC1CCC(NCc2cccc([N+](=O)[O-])c2C)CC1. The summed E-state index contributed by atoms with van der Waals surface area (Å²) in [6.07, 6.45) is 6.36. The summed E-state index contributed by atoms with van der Waals surface area (Å²) in [5, 5.41) is 14.5. The molecular formula is C16H24N2O2. The van der Waals surface area contributed by atoms with Crippen molar-refractivity contribution >= 4 is 5.69 Å². The number of hydrogen-bond donors (Lipinski definition) is 1. The molecule has 1 fully saturated rings. The molecule has 1 aliphatic carbocycles. The predicted molar refractivity (Wildman–Crippen MR) is 80.7 cm³/mol. The fourth-order valence-electron chi connectivity index (χ4n) is 3.09. The Bertz CT molecular complexity index is 466. The molecule has 0 radical (unpaired) electrons. The number of rotatable bonds is 5. The van der Waals surface area contributed by atoms with Crippen molar-refractivity contribution in [3.05, 3.63) is 39.4 Å². The van der Waals surface area contributed by atoms with E-state index in [1.807, 2.05) is 13.0 Å². The summed E-state index contributed by atoms with van der Waals surface area (Å²) in [5.74, 6) is 0.896. The van der Waals surface area contributed by atoms with Crippen LogP contribution >= 0.6 is 0 Å². The Morgan fingerprint density at radius 2 is 2.00 bits per heavy atom. The summed E-state index contributed by atoms with van der Waals surface area (Å²) in [7, 11) is 0. The van der Waals surface area contributed by atoms with Crippen LogP contribution < -0.4 is 5.32 Å². The minimum Gasteiger partial charge on any atom is -0.310 e. The molecule has 1 saturated carbocycles. The van der Waals surface area contributed by atoms with E-state index in [9.17, 15) is 10.1 Å². The number of hydrogen-bond acceptors (Lipinski definition) is 3. The molecule has 2 rings (SSSR count). The average molecular weight is 276 g/mol. The van der Waals surface area contributed by atoms with E-state index in [0.717, 1.165) is 23.6 Å². The normalized spacial score (nSPS) is 22.7. The molecule has 20 heavy (non-hydrogen) atoms. The zero-order valence-corrected chi connectivity index (χ0v) is 12.4. The molecule has 4 heteroatoms. The van der Waals surface area contributed by atoms with Crippen molar-refractivity contribution in [3.8, 4) is 0 Å². The maximum Gasteiger partial charge on any atom is 0.272 e. The molecule has 0 saturated heterocycles. The number of nitro groups is 1. The highest BCUT2D eigenvalue weighted by atomic mass is 16.6. The van der Waals surface area contributed by atoms with Crippen molar-refractivity contribution in [1.29, 1.82) is 0 Å². The van der Waals surface area contributed by atoms with Gasteiger partial charge in [0.1, 0.15) is 0 Å². The molecule has 1 aliphatic rings. The molecule has 110 valence electrons. The van der Waals surface area contributed by atoms with Gasteiger partial charge in [0, 0.05) is 24.2 Å². The minimum absolute atomic E-state index is 0.221. The third-order valence-corrected chi connectivity index (χ3v) is 4.62. The Balaban J connectivity index is 1.92. The first-order chi connectivity index (χ1) is 9.61. The molecule has 0 bridgehead atoms. The van der Waals surface area contributed by atoms with Gasteiger partial charge >= 0.3 is 0 Å². The molecule has 0 amide bonds. The molecule has 0 aliphatic heterocycles. The maximum absolute atomic E-state index is 10.9. The van der Waals surface area contributed by atoms with Crippen LogP contribution in [0.15, 0.2) is 18.2 Å². The lowest BCUT2D eigenvalue weighted by Gasteiger charge is -2.28. The van der Waals surface area contributed by atoms with Crippen LogP contribution in [0.1, 0.15) is 50.2 Å². The van der Waals surface area contributed by atoms with Gasteiger partial charge < -0.3 is 5.32 Å². The molecule has 0 atom stereocenters. The van der Waals surface area contributed by atoms with Gasteiger partial charge in [-0.1, -0.05) is 25.5 Å². The van der Waals surface area contributed by atoms with Crippen LogP contribution in [-0.4, -0.2) is 11.0 Å². The van der Waals surface area contributed by atoms with Gasteiger partial charge in [0.05, 0.1) is 4.92 Å². The highest BCUT2D eigenvalue weighted by Gasteiger charge is 2.20. The predicted octanol–water partition coefficient (Wildman–Crippen LogP) is 3.96. The van der Waals surface area contributed by atoms with Gasteiger partial charge in [-0.3, -0.25) is 10.1 Å². The van der Waals surface area contributed by atoms with Crippen molar-refractivity contribution in [1.82, 2.24) is 5.32 Å². The summed E-state index contributed by atoms with van der Waals surface area (Å²) in [6, 6.07) is 5.89. The quantitative estimate of drug-likeness (QED) is 0.654. The number of nitro benzene ring substituents is 1. The Kier molecular flexibility index (Phi) is 5.12. The van der Waals surface area contributed by atoms with Gasteiger partial charge in [-0.25, -0.2) is 0 Å². The monoisotopic (exact) mass is 276 g/mol. The number of nitrogens with one attached hydrogen (secondary N) is 1. The second-order valence-corrected chi connectivity index (χ2v) is 5.83. The summed E-state index contributed by atoms with van der Waals surface area (Å²) < 4.78 is 0. The third kappa shape index (κ3) is 3.57. The minimum atomic E-state index is -0.300. The van der Waals surface area contributed by atoms with Gasteiger partial charge in [-0.2, -0.15) is 0 Å². The third-order valence-electron chi connectivity index (χ3n) is 4.62. The fourth-order valence-corrected chi connectivity index (χ4v) is 3.09. The zero-order chi connectivity index (χ0) is 14.5. The molecular weight excluding hydrogens is 252 g/mol. The Morgan fingerprint density at radius 3 is 2.60 bits per heavy atom. The topological polar surface area (TPSA) is 55.2 Å². The highest BCUT2D eigenvalue weighted by molar-refractivity contribution is 5.44. The van der Waals surface area contributed by atoms with Crippen LogP contribution in [0.25, 0.3) is 0 Å². The van der Waals surface area contributed by atoms with E-state index >= 15 is 0 Å². The molecule has 0 heterocycles. The van der Waals surface area contributed by atoms with Gasteiger partial charge in [-0.05, 0) is 44.1 Å². The second kappa shape index (κ2) is 6.84. The van der Waals surface area contributed by atoms with Crippen molar-refractivity contribution in [3.63, 3.8) is 0 Å². The van der Waals surface area contributed by atoms with E-state index in [2.05, 4.69) is 12.2 Å². The fraction of sp³-hybridized carbons (Fsp3) is 0.625. The van der Waals surface area contributed by atoms with Crippen LogP contribution in [0.5, 0.6) is 0 Å². The van der Waals surface area contributed by atoms with Crippen LogP contribution in [0.3, 0.4) is 0 Å². The lowest BCUT2D eigenvalue weighted by atomic mass is 9.84. The van der Waals surface area contributed by atoms with Crippen LogP contribution in [0.2, 0.25) is 0 Å². The largest absolute Gasteiger partial charge is 0.310 e. The summed E-state index contributed by atoms with van der Waals surface area (Å²) in [4.78, 5) is 10.6. The number of benzene rings is 1.